The summed E-state index contributed by atoms with van der Waals surface area (Å²) < 4.78 is 1.50. The Kier molecular flexibility index (Phi) is 2.26. The van der Waals surface area contributed by atoms with Gasteiger partial charge in [0.25, 0.3) is 0 Å². The molecule has 19 heavy (non-hydrogen) atoms. The lowest BCUT2D eigenvalue weighted by Crippen LogP contribution is -2.28. The Morgan fingerprint density at radius 2 is 2.05 bits per heavy atom. The van der Waals surface area contributed by atoms with E-state index in [2.05, 4.69) is 9.97 Å². The Hall–Kier alpha value is -2.24. The molecule has 0 fully saturated rings. The molecule has 2 aromatic heterocycles. The molecular weight excluding hydrogens is 246 g/mol. The fraction of sp³-hybridized carbons (Fsp3) is 0.385. The summed E-state index contributed by atoms with van der Waals surface area (Å²) in [5.74, 6) is -0.733. The number of fused-ring (bicyclic) bond motifs is 2. The van der Waals surface area contributed by atoms with Crippen LogP contribution in [0, 0.1) is 5.41 Å². The van der Waals surface area contributed by atoms with E-state index in [1.54, 1.807) is 6.20 Å². The minimum atomic E-state index is -1.10. The predicted octanol–water partition coefficient (Wildman–Crippen LogP) is 1.58. The van der Waals surface area contributed by atoms with Crippen LogP contribution in [0.5, 0.6) is 0 Å². The summed E-state index contributed by atoms with van der Waals surface area (Å²) in [6.45, 7) is 4.04. The summed E-state index contributed by atoms with van der Waals surface area (Å²) in [6.07, 6.45) is 4.18. The zero-order valence-corrected chi connectivity index (χ0v) is 10.7. The minimum Gasteiger partial charge on any atom is -0.476 e. The molecule has 98 valence electrons. The van der Waals surface area contributed by atoms with E-state index in [1.165, 1.54) is 10.6 Å². The summed E-state index contributed by atoms with van der Waals surface area (Å²) in [5, 5.41) is 8.92. The molecule has 1 N–H and O–H groups in total. The average molecular weight is 259 g/mol. The van der Waals surface area contributed by atoms with Gasteiger partial charge in [-0.1, -0.05) is 13.8 Å². The molecule has 6 nitrogen and oxygen atoms in total. The van der Waals surface area contributed by atoms with E-state index in [-0.39, 0.29) is 16.9 Å². The molecule has 0 spiro atoms. The zero-order chi connectivity index (χ0) is 13.8. The second-order valence-corrected chi connectivity index (χ2v) is 5.68. The number of ketones is 1. The van der Waals surface area contributed by atoms with Gasteiger partial charge in [0.2, 0.25) is 5.78 Å². The smallest absolute Gasteiger partial charge is 0.356 e. The van der Waals surface area contributed by atoms with Gasteiger partial charge in [-0.05, 0) is 11.8 Å². The highest BCUT2D eigenvalue weighted by atomic mass is 16.4. The largest absolute Gasteiger partial charge is 0.476 e. The Balaban J connectivity index is 2.20. The number of aromatic nitrogens is 3. The van der Waals surface area contributed by atoms with E-state index in [0.29, 0.717) is 29.9 Å². The van der Waals surface area contributed by atoms with Crippen LogP contribution < -0.4 is 0 Å². The Morgan fingerprint density at radius 1 is 1.32 bits per heavy atom. The van der Waals surface area contributed by atoms with Crippen LogP contribution in [0.15, 0.2) is 12.4 Å². The van der Waals surface area contributed by atoms with Crippen LogP contribution in [0.2, 0.25) is 0 Å². The van der Waals surface area contributed by atoms with Gasteiger partial charge in [0, 0.05) is 18.8 Å². The van der Waals surface area contributed by atoms with Crippen molar-refractivity contribution in [2.45, 2.75) is 26.7 Å². The number of nitrogens with zero attached hydrogens (tertiary/aromatic N) is 3. The Bertz CT molecular complexity index is 715. The second kappa shape index (κ2) is 3.63. The molecule has 0 saturated carbocycles. The zero-order valence-electron chi connectivity index (χ0n) is 10.7. The van der Waals surface area contributed by atoms with E-state index >= 15 is 0 Å². The van der Waals surface area contributed by atoms with Gasteiger partial charge in [-0.25, -0.2) is 14.8 Å². The highest BCUT2D eigenvalue weighted by molar-refractivity contribution is 5.98. The number of carboxylic acid groups (broad SMARTS) is 1. The van der Waals surface area contributed by atoms with Gasteiger partial charge in [0.1, 0.15) is 0 Å². The van der Waals surface area contributed by atoms with Gasteiger partial charge in [-0.3, -0.25) is 9.20 Å². The molecule has 0 aromatic carbocycles. The van der Waals surface area contributed by atoms with Gasteiger partial charge in [0.05, 0.1) is 11.3 Å². The fourth-order valence-corrected chi connectivity index (χ4v) is 2.47. The van der Waals surface area contributed by atoms with Crippen LogP contribution >= 0.6 is 0 Å². The fourth-order valence-electron chi connectivity index (χ4n) is 2.47. The van der Waals surface area contributed by atoms with E-state index in [1.807, 2.05) is 13.8 Å². The predicted molar refractivity (Wildman–Crippen MR) is 66.4 cm³/mol. The number of carboxylic acids is 1. The monoisotopic (exact) mass is 259 g/mol. The molecule has 0 radical (unpaired) electrons. The van der Waals surface area contributed by atoms with Crippen molar-refractivity contribution in [2.75, 3.05) is 0 Å². The molecule has 0 atom stereocenters. The number of imidazole rings is 1. The molecule has 2 aromatic rings. The summed E-state index contributed by atoms with van der Waals surface area (Å²) >= 11 is 0. The van der Waals surface area contributed by atoms with Crippen molar-refractivity contribution in [3.8, 4) is 0 Å². The van der Waals surface area contributed by atoms with Gasteiger partial charge in [0.15, 0.2) is 11.5 Å². The highest BCUT2D eigenvalue weighted by Crippen LogP contribution is 2.33. The molecule has 0 amide bonds. The number of aromatic carboxylic acids is 1. The first-order valence-corrected chi connectivity index (χ1v) is 6.01. The standard InChI is InChI=1S/C13H13N3O3/c1-13(2)3-8-7(10(17)4-13)5-16-6-9(11(18)19)15-12(16)14-8/h5-6H,3-4H2,1-2H3,(H,18,19). The maximum atomic E-state index is 12.1. The van der Waals surface area contributed by atoms with E-state index in [4.69, 9.17) is 5.11 Å². The molecule has 6 heteroatoms. The number of hydrogen-bond donors (Lipinski definition) is 1. The first-order valence-electron chi connectivity index (χ1n) is 6.01. The van der Waals surface area contributed by atoms with Crippen LogP contribution in [0.25, 0.3) is 5.78 Å². The second-order valence-electron chi connectivity index (χ2n) is 5.68. The van der Waals surface area contributed by atoms with Crippen molar-refractivity contribution in [3.63, 3.8) is 0 Å². The average Bonchev–Trinajstić information content (AvgIpc) is 2.68. The third-order valence-electron chi connectivity index (χ3n) is 3.33. The summed E-state index contributed by atoms with van der Waals surface area (Å²) in [5.41, 5.74) is 1.09. The number of carbonyl (C=O) groups excluding carboxylic acids is 1. The number of carbonyl (C=O) groups is 2. The maximum absolute atomic E-state index is 12.1. The van der Waals surface area contributed by atoms with E-state index in [0.717, 1.165) is 0 Å². The van der Waals surface area contributed by atoms with Gasteiger partial charge in [-0.15, -0.1) is 0 Å². The van der Waals surface area contributed by atoms with E-state index < -0.39 is 5.97 Å². The molecule has 2 heterocycles. The van der Waals surface area contributed by atoms with Crippen molar-refractivity contribution in [1.82, 2.24) is 14.4 Å². The first-order chi connectivity index (χ1) is 8.85. The first kappa shape index (κ1) is 11.8. The highest BCUT2D eigenvalue weighted by Gasteiger charge is 2.32. The van der Waals surface area contributed by atoms with Crippen molar-refractivity contribution < 1.29 is 14.7 Å². The van der Waals surface area contributed by atoms with Crippen molar-refractivity contribution in [3.05, 3.63) is 29.3 Å². The summed E-state index contributed by atoms with van der Waals surface area (Å²) in [6, 6.07) is 0. The molecular formula is C13H13N3O3. The van der Waals surface area contributed by atoms with Crippen LogP contribution in [0.4, 0.5) is 0 Å². The van der Waals surface area contributed by atoms with Gasteiger partial charge >= 0.3 is 5.97 Å². The molecule has 3 rings (SSSR count). The topological polar surface area (TPSA) is 84.6 Å². The summed E-state index contributed by atoms with van der Waals surface area (Å²) in [4.78, 5) is 31.3. The third-order valence-corrected chi connectivity index (χ3v) is 3.33. The van der Waals surface area contributed by atoms with Crippen molar-refractivity contribution in [2.24, 2.45) is 5.41 Å². The lowest BCUT2D eigenvalue weighted by Gasteiger charge is -2.29. The van der Waals surface area contributed by atoms with E-state index in [9.17, 15) is 9.59 Å². The molecule has 1 aliphatic carbocycles. The number of hydrogen-bond acceptors (Lipinski definition) is 4. The number of rotatable bonds is 1. The molecule has 0 aliphatic heterocycles. The molecule has 1 aliphatic rings. The molecule has 0 bridgehead atoms. The van der Waals surface area contributed by atoms with Crippen molar-refractivity contribution >= 4 is 17.5 Å². The van der Waals surface area contributed by atoms with Gasteiger partial charge < -0.3 is 5.11 Å². The normalized spacial score (nSPS) is 17.5. The molecule has 0 unspecified atom stereocenters. The van der Waals surface area contributed by atoms with Crippen LogP contribution in [-0.2, 0) is 6.42 Å². The maximum Gasteiger partial charge on any atom is 0.356 e. The van der Waals surface area contributed by atoms with Crippen molar-refractivity contribution in [1.29, 1.82) is 0 Å². The Morgan fingerprint density at radius 3 is 2.74 bits per heavy atom. The van der Waals surface area contributed by atoms with Gasteiger partial charge in [-0.2, -0.15) is 0 Å². The minimum absolute atomic E-state index is 0.0474. The lowest BCUT2D eigenvalue weighted by atomic mass is 9.76. The summed E-state index contributed by atoms with van der Waals surface area (Å²) in [7, 11) is 0. The number of Topliss-reactive ketones (excluding diaryl/α,β-unsaturated/α-hetero) is 1. The lowest BCUT2D eigenvalue weighted by molar-refractivity contribution is 0.0690. The van der Waals surface area contributed by atoms with Crippen LogP contribution in [0.3, 0.4) is 0 Å². The quantitative estimate of drug-likeness (QED) is 0.840. The third kappa shape index (κ3) is 1.89. The SMILES string of the molecule is CC1(C)CC(=O)c2cn3cc(C(=O)O)nc3nc2C1. The van der Waals surface area contributed by atoms with Crippen LogP contribution in [-0.4, -0.2) is 31.2 Å². The van der Waals surface area contributed by atoms with Crippen LogP contribution in [0.1, 0.15) is 46.8 Å². The Labute approximate surface area is 109 Å². The molecule has 0 saturated heterocycles.